The van der Waals surface area contributed by atoms with Crippen LogP contribution in [0.15, 0.2) is 66.7 Å². The van der Waals surface area contributed by atoms with Crippen LogP contribution in [0, 0.1) is 5.82 Å². The van der Waals surface area contributed by atoms with Gasteiger partial charge < -0.3 is 19.9 Å². The molecule has 0 spiro atoms. The number of halogens is 1. The van der Waals surface area contributed by atoms with Crippen molar-refractivity contribution < 1.29 is 24.1 Å². The van der Waals surface area contributed by atoms with E-state index in [-0.39, 0.29) is 22.7 Å². The maximum atomic E-state index is 14.8. The second kappa shape index (κ2) is 8.13. The topological polar surface area (TPSA) is 95.4 Å². The molecule has 4 aromatic carbocycles. The van der Waals surface area contributed by atoms with Crippen molar-refractivity contribution in [3.63, 3.8) is 0 Å². The van der Waals surface area contributed by atoms with Gasteiger partial charge in [0.15, 0.2) is 0 Å². The molecular formula is C28H23FN2O4. The van der Waals surface area contributed by atoms with Gasteiger partial charge in [0.1, 0.15) is 28.7 Å². The first-order valence-corrected chi connectivity index (χ1v) is 11.1. The van der Waals surface area contributed by atoms with E-state index in [9.17, 15) is 14.3 Å². The summed E-state index contributed by atoms with van der Waals surface area (Å²) in [6.45, 7) is 6.39. The molecule has 7 heteroatoms. The molecule has 5 aromatic rings. The van der Waals surface area contributed by atoms with Gasteiger partial charge in [-0.3, -0.25) is 0 Å². The molecule has 0 unspecified atom stereocenters. The first-order valence-electron chi connectivity index (χ1n) is 11.1. The van der Waals surface area contributed by atoms with Gasteiger partial charge in [-0.15, -0.1) is 0 Å². The van der Waals surface area contributed by atoms with Crippen LogP contribution in [0.3, 0.4) is 0 Å². The molecule has 176 valence electrons. The number of carbonyl (C=O) groups is 1. The normalized spacial score (nSPS) is 11.8. The summed E-state index contributed by atoms with van der Waals surface area (Å²) < 4.78 is 19.5. The Morgan fingerprint density at radius 2 is 1.69 bits per heavy atom. The fourth-order valence-corrected chi connectivity index (χ4v) is 4.22. The highest BCUT2D eigenvalue weighted by atomic mass is 19.1. The molecule has 0 aliphatic heterocycles. The van der Waals surface area contributed by atoms with Crippen molar-refractivity contribution in [1.82, 2.24) is 9.97 Å². The minimum Gasteiger partial charge on any atom is -0.507 e. The number of H-pyrrole nitrogens is 1. The average Bonchev–Trinajstić information content (AvgIpc) is 3.22. The van der Waals surface area contributed by atoms with E-state index in [1.54, 1.807) is 24.3 Å². The van der Waals surface area contributed by atoms with Gasteiger partial charge in [-0.2, -0.15) is 0 Å². The van der Waals surface area contributed by atoms with E-state index < -0.39 is 6.16 Å². The van der Waals surface area contributed by atoms with Crippen LogP contribution in [0.4, 0.5) is 9.18 Å². The Kier molecular flexibility index (Phi) is 5.20. The van der Waals surface area contributed by atoms with Crippen LogP contribution in [-0.4, -0.2) is 26.3 Å². The lowest BCUT2D eigenvalue weighted by Crippen LogP contribution is -2.10. The van der Waals surface area contributed by atoms with Gasteiger partial charge in [-0.1, -0.05) is 51.1 Å². The zero-order valence-electron chi connectivity index (χ0n) is 19.4. The lowest BCUT2D eigenvalue weighted by Gasteiger charge is -2.19. The van der Waals surface area contributed by atoms with Gasteiger partial charge >= 0.3 is 6.16 Å². The second-order valence-electron chi connectivity index (χ2n) is 9.48. The number of aromatic hydroxyl groups is 1. The van der Waals surface area contributed by atoms with Crippen LogP contribution >= 0.6 is 0 Å². The fourth-order valence-electron chi connectivity index (χ4n) is 4.22. The molecule has 1 heterocycles. The Morgan fingerprint density at radius 1 is 0.971 bits per heavy atom. The number of aromatic amines is 1. The standard InChI is InChI=1S/C28H23FN2O4/c1-28(2,3)18-8-4-15(5-9-18)20-13-17(6-10-21(20)29)26-30-22-11-7-16-12-19(35-27(33)34)14-23(32)24(16)25(22)31-26/h4-14,32H,1-3H3,(H,30,31)(H,33,34). The molecule has 6 nitrogen and oxygen atoms in total. The maximum Gasteiger partial charge on any atom is 0.511 e. The number of fused-ring (bicyclic) bond motifs is 3. The first kappa shape index (κ1) is 22.4. The van der Waals surface area contributed by atoms with E-state index in [1.807, 2.05) is 24.3 Å². The van der Waals surface area contributed by atoms with Crippen molar-refractivity contribution in [3.8, 4) is 34.0 Å². The molecule has 0 atom stereocenters. The van der Waals surface area contributed by atoms with E-state index >= 15 is 0 Å². The lowest BCUT2D eigenvalue weighted by molar-refractivity contribution is 0.144. The third-order valence-electron chi connectivity index (χ3n) is 6.03. The number of aromatic nitrogens is 2. The van der Waals surface area contributed by atoms with E-state index in [0.717, 1.165) is 5.56 Å². The third kappa shape index (κ3) is 4.17. The lowest BCUT2D eigenvalue weighted by atomic mass is 9.86. The van der Waals surface area contributed by atoms with Crippen molar-refractivity contribution in [2.75, 3.05) is 0 Å². The predicted molar refractivity (Wildman–Crippen MR) is 133 cm³/mol. The largest absolute Gasteiger partial charge is 0.511 e. The van der Waals surface area contributed by atoms with Crippen LogP contribution in [-0.2, 0) is 5.41 Å². The van der Waals surface area contributed by atoms with Gasteiger partial charge in [-0.25, -0.2) is 14.2 Å². The number of benzene rings is 4. The first-order chi connectivity index (χ1) is 16.6. The summed E-state index contributed by atoms with van der Waals surface area (Å²) in [5.74, 6) is 0.0483. The Labute approximate surface area is 200 Å². The summed E-state index contributed by atoms with van der Waals surface area (Å²) >= 11 is 0. The zero-order valence-corrected chi connectivity index (χ0v) is 19.4. The number of nitrogens with zero attached hydrogens (tertiary/aromatic N) is 1. The quantitative estimate of drug-likeness (QED) is 0.191. The van der Waals surface area contributed by atoms with Gasteiger partial charge in [0, 0.05) is 17.2 Å². The molecule has 35 heavy (non-hydrogen) atoms. The number of rotatable bonds is 3. The number of ether oxygens (including phenoxy) is 1. The van der Waals surface area contributed by atoms with E-state index in [2.05, 4.69) is 35.5 Å². The molecule has 0 fully saturated rings. The van der Waals surface area contributed by atoms with Crippen molar-refractivity contribution in [1.29, 1.82) is 0 Å². The smallest absolute Gasteiger partial charge is 0.507 e. The van der Waals surface area contributed by atoms with Crippen molar-refractivity contribution >= 4 is 28.0 Å². The summed E-state index contributed by atoms with van der Waals surface area (Å²) in [5, 5.41) is 20.5. The molecule has 0 aliphatic carbocycles. The average molecular weight is 471 g/mol. The summed E-state index contributed by atoms with van der Waals surface area (Å²) in [5.41, 5.74) is 4.28. The zero-order chi connectivity index (χ0) is 24.9. The number of hydrogen-bond donors (Lipinski definition) is 3. The summed E-state index contributed by atoms with van der Waals surface area (Å²) in [7, 11) is 0. The van der Waals surface area contributed by atoms with Crippen LogP contribution in [0.5, 0.6) is 11.5 Å². The predicted octanol–water partition coefficient (Wildman–Crippen LogP) is 7.25. The van der Waals surface area contributed by atoms with Crippen LogP contribution in [0.1, 0.15) is 26.3 Å². The number of hydrogen-bond acceptors (Lipinski definition) is 4. The summed E-state index contributed by atoms with van der Waals surface area (Å²) in [6, 6.07) is 19.0. The molecule has 0 saturated heterocycles. The van der Waals surface area contributed by atoms with Gasteiger partial charge in [0.25, 0.3) is 0 Å². The molecule has 0 aliphatic rings. The minimum atomic E-state index is -1.47. The SMILES string of the molecule is CC(C)(C)c1ccc(-c2cc(-c3nc4c(ccc5cc(OC(=O)O)cc(O)c54)[nH]3)ccc2F)cc1. The molecule has 0 bridgehead atoms. The highest BCUT2D eigenvalue weighted by Gasteiger charge is 2.17. The maximum absolute atomic E-state index is 14.8. The minimum absolute atomic E-state index is 0.00203. The fraction of sp³-hybridized carbons (Fsp3) is 0.143. The van der Waals surface area contributed by atoms with E-state index in [4.69, 9.17) is 5.11 Å². The number of phenolic OH excluding ortho intramolecular Hbond substituents is 1. The van der Waals surface area contributed by atoms with Crippen LogP contribution < -0.4 is 4.74 Å². The van der Waals surface area contributed by atoms with Crippen molar-refractivity contribution in [2.45, 2.75) is 26.2 Å². The van der Waals surface area contributed by atoms with E-state index in [1.165, 1.54) is 23.8 Å². The molecule has 5 rings (SSSR count). The highest BCUT2D eigenvalue weighted by molar-refractivity contribution is 6.08. The number of imidazole rings is 1. The van der Waals surface area contributed by atoms with E-state index in [0.29, 0.717) is 38.8 Å². The van der Waals surface area contributed by atoms with Gasteiger partial charge in [0.2, 0.25) is 0 Å². The number of nitrogens with one attached hydrogen (secondary N) is 1. The molecule has 0 saturated carbocycles. The Morgan fingerprint density at radius 3 is 2.37 bits per heavy atom. The third-order valence-corrected chi connectivity index (χ3v) is 6.03. The van der Waals surface area contributed by atoms with Crippen LogP contribution in [0.25, 0.3) is 44.3 Å². The van der Waals surface area contributed by atoms with Crippen molar-refractivity contribution in [2.24, 2.45) is 0 Å². The summed E-state index contributed by atoms with van der Waals surface area (Å²) in [4.78, 5) is 18.8. The van der Waals surface area contributed by atoms with Crippen LogP contribution in [0.2, 0.25) is 0 Å². The Bertz CT molecular complexity index is 1600. The molecule has 1 aromatic heterocycles. The van der Waals surface area contributed by atoms with Gasteiger partial charge in [0.05, 0.1) is 10.9 Å². The number of carboxylic acid groups (broad SMARTS) is 1. The highest BCUT2D eigenvalue weighted by Crippen LogP contribution is 2.37. The molecule has 0 amide bonds. The Hall–Kier alpha value is -4.39. The van der Waals surface area contributed by atoms with Gasteiger partial charge in [-0.05, 0) is 52.3 Å². The number of phenols is 1. The molecular weight excluding hydrogens is 447 g/mol. The monoisotopic (exact) mass is 470 g/mol. The second-order valence-corrected chi connectivity index (χ2v) is 9.48. The molecule has 0 radical (unpaired) electrons. The Balaban J connectivity index is 1.59. The van der Waals surface area contributed by atoms with Crippen molar-refractivity contribution in [3.05, 3.63) is 78.1 Å². The summed E-state index contributed by atoms with van der Waals surface area (Å²) in [6.07, 6.45) is -1.47. The molecule has 3 N–H and O–H groups in total.